The number of hydrogen-bond donors (Lipinski definition) is 0. The maximum absolute atomic E-state index is 4.85. The second kappa shape index (κ2) is 10.6. The van der Waals surface area contributed by atoms with E-state index >= 15 is 0 Å². The fourth-order valence-corrected chi connectivity index (χ4v) is 4.58. The van der Waals surface area contributed by atoms with Crippen molar-refractivity contribution in [2.24, 2.45) is 5.92 Å². The minimum Gasteiger partial charge on any atom is -0.260 e. The molecule has 0 bridgehead atoms. The van der Waals surface area contributed by atoms with Gasteiger partial charge in [0.05, 0.1) is 0 Å². The van der Waals surface area contributed by atoms with Crippen molar-refractivity contribution in [2.75, 3.05) is 0 Å². The number of nitrogens with zero attached hydrogens (tertiary/aromatic N) is 1. The van der Waals surface area contributed by atoms with Gasteiger partial charge < -0.3 is 0 Å². The minimum atomic E-state index is 0.679. The van der Waals surface area contributed by atoms with Crippen LogP contribution in [0.4, 0.5) is 0 Å². The first-order chi connectivity index (χ1) is 13.3. The van der Waals surface area contributed by atoms with Crippen LogP contribution in [0.5, 0.6) is 0 Å². The average molecular weight is 364 g/mol. The van der Waals surface area contributed by atoms with Gasteiger partial charge in [-0.2, -0.15) is 0 Å². The lowest BCUT2D eigenvalue weighted by atomic mass is 9.78. The Morgan fingerprint density at radius 1 is 0.778 bits per heavy atom. The van der Waals surface area contributed by atoms with Gasteiger partial charge in [0, 0.05) is 23.4 Å². The van der Waals surface area contributed by atoms with Crippen molar-refractivity contribution in [3.63, 3.8) is 0 Å². The lowest BCUT2D eigenvalue weighted by Crippen LogP contribution is -2.14. The first kappa shape index (κ1) is 20.1. The van der Waals surface area contributed by atoms with E-state index in [4.69, 9.17) is 4.98 Å². The van der Waals surface area contributed by atoms with E-state index in [1.807, 2.05) is 0 Å². The van der Waals surface area contributed by atoms with Crippen LogP contribution in [-0.2, 0) is 6.42 Å². The van der Waals surface area contributed by atoms with Crippen LogP contribution in [-0.4, -0.2) is 4.98 Å². The Labute approximate surface area is 166 Å². The van der Waals surface area contributed by atoms with E-state index in [0.29, 0.717) is 5.92 Å². The van der Waals surface area contributed by atoms with Crippen LogP contribution >= 0.6 is 0 Å². The van der Waals surface area contributed by atoms with Crippen molar-refractivity contribution in [3.05, 3.63) is 53.9 Å². The summed E-state index contributed by atoms with van der Waals surface area (Å²) in [7, 11) is 0. The summed E-state index contributed by atoms with van der Waals surface area (Å²) in [6.07, 6.45) is 17.0. The van der Waals surface area contributed by atoms with Crippen LogP contribution in [0.1, 0.15) is 95.2 Å². The van der Waals surface area contributed by atoms with E-state index in [0.717, 1.165) is 5.92 Å². The Kier molecular flexibility index (Phi) is 7.93. The minimum absolute atomic E-state index is 0.679. The molecule has 0 aliphatic heterocycles. The molecule has 0 radical (unpaired) electrons. The zero-order valence-corrected chi connectivity index (χ0v) is 17.4. The van der Waals surface area contributed by atoms with Crippen molar-refractivity contribution in [1.82, 2.24) is 4.98 Å². The molecule has 27 heavy (non-hydrogen) atoms. The summed E-state index contributed by atoms with van der Waals surface area (Å²) in [5.41, 5.74) is 5.26. The summed E-state index contributed by atoms with van der Waals surface area (Å²) in [4.78, 5) is 4.85. The predicted octanol–water partition coefficient (Wildman–Crippen LogP) is 7.95. The number of rotatable bonds is 9. The van der Waals surface area contributed by atoms with E-state index in [2.05, 4.69) is 56.4 Å². The molecule has 146 valence electrons. The Balaban J connectivity index is 1.50. The molecule has 1 nitrogen and oxygen atoms in total. The van der Waals surface area contributed by atoms with Crippen LogP contribution in [0.15, 0.2) is 42.6 Å². The molecule has 3 rings (SSSR count). The van der Waals surface area contributed by atoms with Gasteiger partial charge in [-0.15, -0.1) is 0 Å². The Morgan fingerprint density at radius 3 is 2.15 bits per heavy atom. The smallest absolute Gasteiger partial charge is 0.0434 e. The van der Waals surface area contributed by atoms with Gasteiger partial charge in [0.2, 0.25) is 0 Å². The number of aromatic nitrogens is 1. The van der Waals surface area contributed by atoms with Crippen LogP contribution in [0.2, 0.25) is 0 Å². The third-order valence-electron chi connectivity index (χ3n) is 6.34. The van der Waals surface area contributed by atoms with E-state index in [-0.39, 0.29) is 0 Å². The van der Waals surface area contributed by atoms with Gasteiger partial charge in [-0.05, 0) is 55.2 Å². The average Bonchev–Trinajstić information content (AvgIpc) is 2.73. The number of unbranched alkanes of at least 4 members (excludes halogenated alkanes) is 3. The second-order valence-corrected chi connectivity index (χ2v) is 8.49. The highest BCUT2D eigenvalue weighted by molar-refractivity contribution is 5.62. The number of benzene rings is 1. The number of pyridine rings is 1. The summed E-state index contributed by atoms with van der Waals surface area (Å²) in [5, 5.41) is 0. The van der Waals surface area contributed by atoms with Gasteiger partial charge in [-0.1, -0.05) is 82.7 Å². The largest absolute Gasteiger partial charge is 0.260 e. The van der Waals surface area contributed by atoms with Gasteiger partial charge >= 0.3 is 0 Å². The summed E-state index contributed by atoms with van der Waals surface area (Å²) in [6, 6.07) is 13.6. The van der Waals surface area contributed by atoms with Crippen LogP contribution in [0.3, 0.4) is 0 Å². The van der Waals surface area contributed by atoms with Crippen molar-refractivity contribution < 1.29 is 0 Å². The molecule has 0 atom stereocenters. The summed E-state index contributed by atoms with van der Waals surface area (Å²) in [6.45, 7) is 4.53. The van der Waals surface area contributed by atoms with Crippen molar-refractivity contribution >= 4 is 0 Å². The molecule has 1 aromatic heterocycles. The highest BCUT2D eigenvalue weighted by atomic mass is 14.7. The summed E-state index contributed by atoms with van der Waals surface area (Å²) >= 11 is 0. The Hall–Kier alpha value is -1.63. The molecule has 1 heteroatoms. The number of hydrogen-bond acceptors (Lipinski definition) is 1. The maximum Gasteiger partial charge on any atom is 0.0434 e. The van der Waals surface area contributed by atoms with Crippen molar-refractivity contribution in [3.8, 4) is 11.1 Å². The first-order valence-electron chi connectivity index (χ1n) is 11.4. The normalized spacial score (nSPS) is 19.9. The van der Waals surface area contributed by atoms with Gasteiger partial charge in [0.25, 0.3) is 0 Å². The fourth-order valence-electron chi connectivity index (χ4n) is 4.58. The quantitative estimate of drug-likeness (QED) is 0.412. The summed E-state index contributed by atoms with van der Waals surface area (Å²) < 4.78 is 0. The van der Waals surface area contributed by atoms with Crippen LogP contribution in [0.25, 0.3) is 11.1 Å². The van der Waals surface area contributed by atoms with Gasteiger partial charge in [-0.25, -0.2) is 0 Å². The lowest BCUT2D eigenvalue weighted by molar-refractivity contribution is 0.299. The molecule has 0 unspecified atom stereocenters. The topological polar surface area (TPSA) is 12.9 Å². The van der Waals surface area contributed by atoms with Crippen molar-refractivity contribution in [1.29, 1.82) is 0 Å². The molecule has 1 fully saturated rings. The molecular weight excluding hydrogens is 326 g/mol. The molecule has 0 spiro atoms. The molecule has 1 heterocycles. The van der Waals surface area contributed by atoms with E-state index in [9.17, 15) is 0 Å². The second-order valence-electron chi connectivity index (χ2n) is 8.49. The molecule has 1 aliphatic rings. The molecule has 1 aromatic carbocycles. The molecule has 0 saturated heterocycles. The zero-order valence-electron chi connectivity index (χ0n) is 17.4. The predicted molar refractivity (Wildman–Crippen MR) is 117 cm³/mol. The Bertz CT molecular complexity index is 648. The maximum atomic E-state index is 4.85. The van der Waals surface area contributed by atoms with E-state index in [1.54, 1.807) is 0 Å². The highest BCUT2D eigenvalue weighted by Crippen LogP contribution is 2.37. The molecular formula is C26H37N. The monoisotopic (exact) mass is 363 g/mol. The van der Waals surface area contributed by atoms with Crippen LogP contribution in [0, 0.1) is 5.92 Å². The first-order valence-corrected chi connectivity index (χ1v) is 11.4. The molecule has 1 aliphatic carbocycles. The fraction of sp³-hybridized carbons (Fsp3) is 0.577. The standard InChI is InChI=1S/C26H37N/c1-3-5-6-7-9-22-12-16-24(17-13-22)26-19-18-25(20-27-26)23-14-10-21(8-4-2)11-15-23/h10-11,14-15,18-20,22,24H,3-9,12-13,16-17H2,1-2H3/t22-,24-. The third-order valence-corrected chi connectivity index (χ3v) is 6.34. The molecule has 2 aromatic rings. The molecule has 1 saturated carbocycles. The zero-order chi connectivity index (χ0) is 18.9. The Morgan fingerprint density at radius 2 is 1.52 bits per heavy atom. The van der Waals surface area contributed by atoms with Crippen molar-refractivity contribution in [2.45, 2.75) is 90.4 Å². The SMILES string of the molecule is CCCCCC[C@H]1CC[C@H](c2ccc(-c3ccc(CCC)cc3)cn2)CC1. The lowest BCUT2D eigenvalue weighted by Gasteiger charge is -2.28. The van der Waals surface area contributed by atoms with E-state index in [1.165, 1.54) is 93.0 Å². The third kappa shape index (κ3) is 5.92. The van der Waals surface area contributed by atoms with Gasteiger partial charge in [0.1, 0.15) is 0 Å². The van der Waals surface area contributed by atoms with E-state index < -0.39 is 0 Å². The molecule has 0 amide bonds. The number of aryl methyl sites for hydroxylation is 1. The van der Waals surface area contributed by atoms with Crippen LogP contribution < -0.4 is 0 Å². The summed E-state index contributed by atoms with van der Waals surface area (Å²) in [5.74, 6) is 1.65. The van der Waals surface area contributed by atoms with Gasteiger partial charge in [0.15, 0.2) is 0 Å². The molecule has 0 N–H and O–H groups in total. The highest BCUT2D eigenvalue weighted by Gasteiger charge is 2.22. The van der Waals surface area contributed by atoms with Gasteiger partial charge in [-0.3, -0.25) is 4.98 Å².